The van der Waals surface area contributed by atoms with Crippen LogP contribution in [0.4, 0.5) is 5.69 Å². The molecule has 0 bridgehead atoms. The molecule has 0 aromatic heterocycles. The molecular formula is C18H26N2O4. The maximum Gasteiger partial charge on any atom is 0.269 e. The highest BCUT2D eigenvalue weighted by atomic mass is 16.6. The Morgan fingerprint density at radius 1 is 1.08 bits per heavy atom. The predicted molar refractivity (Wildman–Crippen MR) is 91.2 cm³/mol. The lowest BCUT2D eigenvalue weighted by Crippen LogP contribution is -2.45. The number of rotatable bonds is 5. The fourth-order valence-electron chi connectivity index (χ4n) is 3.89. The van der Waals surface area contributed by atoms with Crippen LogP contribution in [-0.2, 0) is 0 Å². The predicted octanol–water partition coefficient (Wildman–Crippen LogP) is 2.99. The monoisotopic (exact) mass is 334 g/mol. The summed E-state index contributed by atoms with van der Waals surface area (Å²) >= 11 is 0. The van der Waals surface area contributed by atoms with Gasteiger partial charge in [0.05, 0.1) is 4.92 Å². The number of aliphatic hydroxyl groups is 1. The highest BCUT2D eigenvalue weighted by molar-refractivity contribution is 5.36. The topological polar surface area (TPSA) is 75.8 Å². The molecular weight excluding hydrogens is 308 g/mol. The number of ether oxygens (including phenoxy) is 1. The number of piperidine rings is 1. The van der Waals surface area contributed by atoms with Gasteiger partial charge in [-0.05, 0) is 56.6 Å². The first kappa shape index (κ1) is 17.2. The van der Waals surface area contributed by atoms with Gasteiger partial charge in [-0.3, -0.25) is 10.1 Å². The lowest BCUT2D eigenvalue weighted by atomic mass is 9.85. The first-order valence-electron chi connectivity index (χ1n) is 8.91. The SMILES string of the molecule is O=[N+]([O-])c1ccc(OC2CCN(C3CCC(CO)CC3)CC2)cc1. The smallest absolute Gasteiger partial charge is 0.269 e. The molecule has 24 heavy (non-hydrogen) atoms. The van der Waals surface area contributed by atoms with E-state index in [0.717, 1.165) is 38.8 Å². The standard InChI is InChI=1S/C18H26N2O4/c21-13-14-1-3-15(4-2-14)19-11-9-18(10-12-19)24-17-7-5-16(6-8-17)20(22)23/h5-8,14-15,18,21H,1-4,9-13H2. The van der Waals surface area contributed by atoms with Crippen molar-refractivity contribution in [3.63, 3.8) is 0 Å². The fourth-order valence-corrected chi connectivity index (χ4v) is 3.89. The summed E-state index contributed by atoms with van der Waals surface area (Å²) in [6.45, 7) is 2.43. The quantitative estimate of drug-likeness (QED) is 0.662. The highest BCUT2D eigenvalue weighted by Crippen LogP contribution is 2.30. The summed E-state index contributed by atoms with van der Waals surface area (Å²) in [6.07, 6.45) is 6.85. The van der Waals surface area contributed by atoms with E-state index in [1.165, 1.54) is 25.0 Å². The molecule has 0 radical (unpaired) electrons. The zero-order valence-corrected chi connectivity index (χ0v) is 14.0. The number of hydrogen-bond acceptors (Lipinski definition) is 5. The van der Waals surface area contributed by atoms with E-state index in [2.05, 4.69) is 4.90 Å². The second kappa shape index (κ2) is 7.94. The number of benzene rings is 1. The third kappa shape index (κ3) is 4.24. The Morgan fingerprint density at radius 3 is 2.25 bits per heavy atom. The molecule has 0 atom stereocenters. The Labute approximate surface area is 142 Å². The van der Waals surface area contributed by atoms with E-state index < -0.39 is 4.92 Å². The van der Waals surface area contributed by atoms with E-state index in [9.17, 15) is 15.2 Å². The van der Waals surface area contributed by atoms with Crippen LogP contribution in [-0.4, -0.2) is 46.8 Å². The molecule has 0 unspecified atom stereocenters. The lowest BCUT2D eigenvalue weighted by Gasteiger charge is -2.40. The van der Waals surface area contributed by atoms with E-state index in [1.54, 1.807) is 12.1 Å². The molecule has 1 saturated carbocycles. The second-order valence-corrected chi connectivity index (χ2v) is 6.96. The summed E-state index contributed by atoms with van der Waals surface area (Å²) in [5, 5.41) is 19.9. The molecule has 1 saturated heterocycles. The summed E-state index contributed by atoms with van der Waals surface area (Å²) in [6, 6.07) is 7.00. The number of aliphatic hydroxyl groups excluding tert-OH is 1. The summed E-state index contributed by atoms with van der Waals surface area (Å²) in [5.74, 6) is 1.21. The van der Waals surface area contributed by atoms with Crippen molar-refractivity contribution in [1.82, 2.24) is 4.90 Å². The Morgan fingerprint density at radius 2 is 1.71 bits per heavy atom. The number of nitro benzene ring substituents is 1. The molecule has 0 amide bonds. The number of non-ortho nitro benzene ring substituents is 1. The first-order chi connectivity index (χ1) is 11.7. The average Bonchev–Trinajstić information content (AvgIpc) is 2.63. The maximum absolute atomic E-state index is 10.7. The minimum Gasteiger partial charge on any atom is -0.490 e. The van der Waals surface area contributed by atoms with Gasteiger partial charge in [-0.15, -0.1) is 0 Å². The van der Waals surface area contributed by atoms with Crippen molar-refractivity contribution in [1.29, 1.82) is 0 Å². The lowest BCUT2D eigenvalue weighted by molar-refractivity contribution is -0.384. The van der Waals surface area contributed by atoms with E-state index >= 15 is 0 Å². The maximum atomic E-state index is 10.7. The molecule has 2 aliphatic rings. The van der Waals surface area contributed by atoms with Gasteiger partial charge in [0.1, 0.15) is 11.9 Å². The molecule has 2 fully saturated rings. The molecule has 1 aliphatic carbocycles. The molecule has 1 heterocycles. The molecule has 1 aromatic rings. The highest BCUT2D eigenvalue weighted by Gasteiger charge is 2.29. The van der Waals surface area contributed by atoms with Crippen molar-refractivity contribution in [3.05, 3.63) is 34.4 Å². The zero-order valence-electron chi connectivity index (χ0n) is 14.0. The third-order valence-electron chi connectivity index (χ3n) is 5.42. The van der Waals surface area contributed by atoms with Crippen molar-refractivity contribution in [2.45, 2.75) is 50.7 Å². The van der Waals surface area contributed by atoms with Crippen LogP contribution >= 0.6 is 0 Å². The van der Waals surface area contributed by atoms with Gasteiger partial charge in [-0.2, -0.15) is 0 Å². The van der Waals surface area contributed by atoms with Crippen LogP contribution in [0.3, 0.4) is 0 Å². The van der Waals surface area contributed by atoms with Gasteiger partial charge in [0.25, 0.3) is 5.69 Å². The summed E-state index contributed by atoms with van der Waals surface area (Å²) < 4.78 is 5.98. The van der Waals surface area contributed by atoms with Crippen LogP contribution in [0.5, 0.6) is 5.75 Å². The molecule has 3 rings (SSSR count). The van der Waals surface area contributed by atoms with E-state index in [1.807, 2.05) is 0 Å². The minimum atomic E-state index is -0.395. The zero-order chi connectivity index (χ0) is 16.9. The summed E-state index contributed by atoms with van der Waals surface area (Å²) in [7, 11) is 0. The molecule has 132 valence electrons. The van der Waals surface area contributed by atoms with Gasteiger partial charge in [0.2, 0.25) is 0 Å². The van der Waals surface area contributed by atoms with Gasteiger partial charge in [0, 0.05) is 37.9 Å². The van der Waals surface area contributed by atoms with Gasteiger partial charge < -0.3 is 14.7 Å². The van der Waals surface area contributed by atoms with Crippen molar-refractivity contribution in [2.24, 2.45) is 5.92 Å². The van der Waals surface area contributed by atoms with E-state index in [4.69, 9.17) is 4.74 Å². The second-order valence-electron chi connectivity index (χ2n) is 6.96. The Kier molecular flexibility index (Phi) is 5.68. The van der Waals surface area contributed by atoms with Gasteiger partial charge in [-0.25, -0.2) is 0 Å². The van der Waals surface area contributed by atoms with Crippen LogP contribution in [0.15, 0.2) is 24.3 Å². The van der Waals surface area contributed by atoms with Crippen LogP contribution in [0.25, 0.3) is 0 Å². The molecule has 1 aliphatic heterocycles. The number of likely N-dealkylation sites (tertiary alicyclic amines) is 1. The van der Waals surface area contributed by atoms with Crippen molar-refractivity contribution in [2.75, 3.05) is 19.7 Å². The third-order valence-corrected chi connectivity index (χ3v) is 5.42. The Hall–Kier alpha value is -1.66. The Bertz CT molecular complexity index is 532. The molecule has 6 heteroatoms. The van der Waals surface area contributed by atoms with Crippen LogP contribution in [0.2, 0.25) is 0 Å². The van der Waals surface area contributed by atoms with Crippen LogP contribution in [0.1, 0.15) is 38.5 Å². The first-order valence-corrected chi connectivity index (χ1v) is 8.91. The number of hydrogen-bond donors (Lipinski definition) is 1. The van der Waals surface area contributed by atoms with Gasteiger partial charge in [-0.1, -0.05) is 0 Å². The van der Waals surface area contributed by atoms with E-state index in [-0.39, 0.29) is 11.8 Å². The van der Waals surface area contributed by atoms with E-state index in [0.29, 0.717) is 24.3 Å². The van der Waals surface area contributed by atoms with Crippen LogP contribution in [0, 0.1) is 16.0 Å². The molecule has 0 spiro atoms. The normalized spacial score (nSPS) is 26.2. The van der Waals surface area contributed by atoms with Crippen LogP contribution < -0.4 is 4.74 Å². The van der Waals surface area contributed by atoms with Gasteiger partial charge >= 0.3 is 0 Å². The van der Waals surface area contributed by atoms with Gasteiger partial charge in [0.15, 0.2) is 0 Å². The van der Waals surface area contributed by atoms with Crippen molar-refractivity contribution < 1.29 is 14.8 Å². The number of nitro groups is 1. The average molecular weight is 334 g/mol. The minimum absolute atomic E-state index is 0.0932. The largest absolute Gasteiger partial charge is 0.490 e. The van der Waals surface area contributed by atoms with Crippen molar-refractivity contribution in [3.8, 4) is 5.75 Å². The fraction of sp³-hybridized carbons (Fsp3) is 0.667. The molecule has 1 N–H and O–H groups in total. The Balaban J connectivity index is 1.44. The molecule has 6 nitrogen and oxygen atoms in total. The summed E-state index contributed by atoms with van der Waals surface area (Å²) in [5.41, 5.74) is 0.0932. The van der Waals surface area contributed by atoms with Crippen molar-refractivity contribution >= 4 is 5.69 Å². The molecule has 1 aromatic carbocycles. The number of nitrogens with zero attached hydrogens (tertiary/aromatic N) is 2. The summed E-state index contributed by atoms with van der Waals surface area (Å²) in [4.78, 5) is 12.9.